The van der Waals surface area contributed by atoms with E-state index >= 15 is 0 Å². The maximum absolute atomic E-state index is 14.0. The number of allylic oxidation sites excluding steroid dienone is 4. The van der Waals surface area contributed by atoms with Crippen molar-refractivity contribution in [3.8, 4) is 0 Å². The monoisotopic (exact) mass is 353 g/mol. The van der Waals surface area contributed by atoms with Gasteiger partial charge in [0.25, 0.3) is 0 Å². The first-order valence-corrected chi connectivity index (χ1v) is 9.36. The first-order chi connectivity index (χ1) is 11.5. The van der Waals surface area contributed by atoms with Crippen LogP contribution in [0.4, 0.5) is 8.78 Å². The third-order valence-electron chi connectivity index (χ3n) is 5.30. The van der Waals surface area contributed by atoms with Crippen LogP contribution >= 0.6 is 11.8 Å². The molecule has 0 aromatic carbocycles. The number of halogens is 2. The van der Waals surface area contributed by atoms with Gasteiger partial charge < -0.3 is 10.6 Å². The molecule has 24 heavy (non-hydrogen) atoms. The van der Waals surface area contributed by atoms with Crippen LogP contribution in [0.25, 0.3) is 0 Å². The van der Waals surface area contributed by atoms with E-state index < -0.39 is 17.9 Å². The van der Waals surface area contributed by atoms with Crippen LogP contribution < -0.4 is 5.73 Å². The Hall–Kier alpha value is -1.21. The SMILES string of the molecule is NC1CCN(C(=O)C2CC2C2CN=C(C3C(F)=CC=CC3F)S2)C1. The van der Waals surface area contributed by atoms with Gasteiger partial charge in [0.2, 0.25) is 5.91 Å². The Morgan fingerprint density at radius 3 is 3.00 bits per heavy atom. The Morgan fingerprint density at radius 1 is 1.46 bits per heavy atom. The molecule has 2 heterocycles. The van der Waals surface area contributed by atoms with Crippen molar-refractivity contribution in [2.45, 2.75) is 30.3 Å². The van der Waals surface area contributed by atoms with E-state index in [1.807, 2.05) is 4.90 Å². The van der Waals surface area contributed by atoms with Gasteiger partial charge in [-0.1, -0.05) is 6.08 Å². The topological polar surface area (TPSA) is 58.7 Å². The van der Waals surface area contributed by atoms with Crippen LogP contribution in [0.3, 0.4) is 0 Å². The molecule has 1 amide bonds. The number of nitrogens with zero attached hydrogens (tertiary/aromatic N) is 2. The summed E-state index contributed by atoms with van der Waals surface area (Å²) in [4.78, 5) is 18.7. The molecule has 0 aromatic rings. The highest BCUT2D eigenvalue weighted by molar-refractivity contribution is 8.14. The largest absolute Gasteiger partial charge is 0.341 e. The smallest absolute Gasteiger partial charge is 0.226 e. The Kier molecular flexibility index (Phi) is 4.24. The molecule has 2 aliphatic heterocycles. The summed E-state index contributed by atoms with van der Waals surface area (Å²) < 4.78 is 27.9. The zero-order valence-corrected chi connectivity index (χ0v) is 14.1. The molecular formula is C17H21F2N3OS. The number of hydrogen-bond acceptors (Lipinski definition) is 4. The zero-order chi connectivity index (χ0) is 16.8. The highest BCUT2D eigenvalue weighted by Crippen LogP contribution is 2.50. The minimum Gasteiger partial charge on any atom is -0.341 e. The van der Waals surface area contributed by atoms with Crippen molar-refractivity contribution in [1.82, 2.24) is 4.90 Å². The molecule has 4 nitrogen and oxygen atoms in total. The van der Waals surface area contributed by atoms with Gasteiger partial charge in [-0.2, -0.15) is 0 Å². The Bertz CT molecular complexity index is 635. The number of amides is 1. The molecule has 0 bridgehead atoms. The molecule has 0 radical (unpaired) electrons. The predicted octanol–water partition coefficient (Wildman–Crippen LogP) is 2.07. The lowest BCUT2D eigenvalue weighted by atomic mass is 9.98. The van der Waals surface area contributed by atoms with E-state index in [0.717, 1.165) is 19.4 Å². The fraction of sp³-hybridized carbons (Fsp3) is 0.647. The van der Waals surface area contributed by atoms with Crippen molar-refractivity contribution in [1.29, 1.82) is 0 Å². The molecule has 4 rings (SSSR count). The predicted molar refractivity (Wildman–Crippen MR) is 91.2 cm³/mol. The van der Waals surface area contributed by atoms with Crippen molar-refractivity contribution >= 4 is 22.7 Å². The van der Waals surface area contributed by atoms with Gasteiger partial charge in [0.15, 0.2) is 0 Å². The third-order valence-corrected chi connectivity index (χ3v) is 6.73. The summed E-state index contributed by atoms with van der Waals surface area (Å²) in [6, 6.07) is 0.0950. The standard InChI is InChI=1S/C17H21F2N3OS/c18-12-2-1-3-13(19)15(12)16-21-7-14(24-16)10-6-11(10)17(23)22-5-4-9(20)8-22/h1-3,9-12,14-15H,4-8,20H2. The molecule has 2 N–H and O–H groups in total. The fourth-order valence-electron chi connectivity index (χ4n) is 3.81. The molecular weight excluding hydrogens is 332 g/mol. The highest BCUT2D eigenvalue weighted by Gasteiger charge is 2.51. The Morgan fingerprint density at radius 2 is 2.29 bits per heavy atom. The molecule has 7 heteroatoms. The number of hydrogen-bond donors (Lipinski definition) is 1. The van der Waals surface area contributed by atoms with Crippen LogP contribution in [0, 0.1) is 17.8 Å². The van der Waals surface area contributed by atoms with Gasteiger partial charge in [-0.05, 0) is 30.9 Å². The first-order valence-electron chi connectivity index (χ1n) is 8.48. The number of thioether (sulfide) groups is 1. The molecule has 1 saturated heterocycles. The molecule has 6 unspecified atom stereocenters. The van der Waals surface area contributed by atoms with E-state index in [-0.39, 0.29) is 29.0 Å². The number of rotatable bonds is 3. The number of nitrogens with two attached hydrogens (primary N) is 1. The number of carbonyl (C=O) groups excluding carboxylic acids is 1. The van der Waals surface area contributed by atoms with Crippen LogP contribution in [0.1, 0.15) is 12.8 Å². The van der Waals surface area contributed by atoms with Crippen molar-refractivity contribution in [3.05, 3.63) is 24.1 Å². The normalized spacial score (nSPS) is 41.4. The van der Waals surface area contributed by atoms with Gasteiger partial charge in [-0.3, -0.25) is 9.79 Å². The van der Waals surface area contributed by atoms with Crippen molar-refractivity contribution in [2.24, 2.45) is 28.5 Å². The van der Waals surface area contributed by atoms with E-state index in [1.54, 1.807) is 0 Å². The molecule has 4 aliphatic rings. The molecule has 6 atom stereocenters. The van der Waals surface area contributed by atoms with Crippen LogP contribution in [0.2, 0.25) is 0 Å². The zero-order valence-electron chi connectivity index (χ0n) is 13.3. The minimum atomic E-state index is -1.36. The van der Waals surface area contributed by atoms with Crippen LogP contribution in [-0.4, -0.2) is 52.9 Å². The molecule has 2 fully saturated rings. The number of likely N-dealkylation sites (tertiary alicyclic amines) is 1. The van der Waals surface area contributed by atoms with Gasteiger partial charge in [0.05, 0.1) is 17.5 Å². The van der Waals surface area contributed by atoms with E-state index in [2.05, 4.69) is 4.99 Å². The van der Waals surface area contributed by atoms with Crippen LogP contribution in [0.5, 0.6) is 0 Å². The van der Waals surface area contributed by atoms with E-state index in [4.69, 9.17) is 5.73 Å². The lowest BCUT2D eigenvalue weighted by Crippen LogP contribution is -2.33. The maximum atomic E-state index is 14.0. The molecule has 0 spiro atoms. The lowest BCUT2D eigenvalue weighted by Gasteiger charge is -2.20. The van der Waals surface area contributed by atoms with E-state index in [9.17, 15) is 13.6 Å². The quantitative estimate of drug-likeness (QED) is 0.845. The summed E-state index contributed by atoms with van der Waals surface area (Å²) in [6.45, 7) is 1.94. The van der Waals surface area contributed by atoms with Gasteiger partial charge in [-0.15, -0.1) is 11.8 Å². The third kappa shape index (κ3) is 2.92. The van der Waals surface area contributed by atoms with Crippen LogP contribution in [0.15, 0.2) is 29.0 Å². The Balaban J connectivity index is 1.34. The van der Waals surface area contributed by atoms with Crippen molar-refractivity contribution in [3.63, 3.8) is 0 Å². The summed E-state index contributed by atoms with van der Waals surface area (Å²) >= 11 is 1.46. The van der Waals surface area contributed by atoms with E-state index in [0.29, 0.717) is 18.1 Å². The van der Waals surface area contributed by atoms with E-state index in [1.165, 1.54) is 30.0 Å². The fourth-order valence-corrected chi connectivity index (χ4v) is 5.28. The molecule has 1 saturated carbocycles. The highest BCUT2D eigenvalue weighted by atomic mass is 32.2. The van der Waals surface area contributed by atoms with Gasteiger partial charge in [0, 0.05) is 30.3 Å². The summed E-state index contributed by atoms with van der Waals surface area (Å²) in [5.74, 6) is -0.863. The molecule has 130 valence electrons. The number of carbonyl (C=O) groups is 1. The van der Waals surface area contributed by atoms with Gasteiger partial charge in [0.1, 0.15) is 12.0 Å². The van der Waals surface area contributed by atoms with Gasteiger partial charge in [-0.25, -0.2) is 8.78 Å². The lowest BCUT2D eigenvalue weighted by molar-refractivity contribution is -0.131. The van der Waals surface area contributed by atoms with Crippen molar-refractivity contribution in [2.75, 3.05) is 19.6 Å². The summed E-state index contributed by atoms with van der Waals surface area (Å²) in [6.07, 6.45) is 4.44. The first kappa shape index (κ1) is 16.3. The summed E-state index contributed by atoms with van der Waals surface area (Å²) in [5, 5.41) is 0.697. The average Bonchev–Trinajstić information content (AvgIpc) is 2.98. The maximum Gasteiger partial charge on any atom is 0.226 e. The minimum absolute atomic E-state index is 0.0372. The average molecular weight is 353 g/mol. The number of aliphatic imine (C=N–C) groups is 1. The second-order valence-electron chi connectivity index (χ2n) is 7.03. The molecule has 2 aliphatic carbocycles. The van der Waals surface area contributed by atoms with Crippen LogP contribution in [-0.2, 0) is 4.79 Å². The second kappa shape index (κ2) is 6.26. The second-order valence-corrected chi connectivity index (χ2v) is 8.29. The molecule has 0 aromatic heterocycles. The van der Waals surface area contributed by atoms with Gasteiger partial charge >= 0.3 is 0 Å². The summed E-state index contributed by atoms with van der Waals surface area (Å²) in [7, 11) is 0. The Labute approximate surface area is 144 Å². The summed E-state index contributed by atoms with van der Waals surface area (Å²) in [5.41, 5.74) is 5.87. The van der Waals surface area contributed by atoms with Crippen molar-refractivity contribution < 1.29 is 13.6 Å². The number of alkyl halides is 1.